The second kappa shape index (κ2) is 54.2. The van der Waals surface area contributed by atoms with Crippen molar-refractivity contribution < 1.29 is 23.8 Å². The molecule has 0 N–H and O–H groups in total. The van der Waals surface area contributed by atoms with Crippen LogP contribution in [0, 0.1) is 0 Å². The third-order valence-corrected chi connectivity index (χ3v) is 11.1. The first-order valence-corrected chi connectivity index (χ1v) is 26.8. The van der Waals surface area contributed by atoms with Crippen molar-refractivity contribution in [3.8, 4) is 0 Å². The van der Waals surface area contributed by atoms with Crippen LogP contribution in [0.25, 0.3) is 0 Å². The Bertz CT molecular complexity index is 1230. The molecule has 5 nitrogen and oxygen atoms in total. The lowest BCUT2D eigenvalue weighted by molar-refractivity contribution is -0.162. The SMILES string of the molecule is CC/C=C\C/C=C\C/C=C\C/C=C\C/C=C\CCOCC(COC(=O)CCCCCCCCC/C=C\C/C=C\C/C=C\CC)OC(=O)CCCCCCCCCCCCCCCCC. The van der Waals surface area contributed by atoms with Gasteiger partial charge in [0.1, 0.15) is 6.61 Å². The van der Waals surface area contributed by atoms with Crippen LogP contribution in [0.5, 0.6) is 0 Å². The van der Waals surface area contributed by atoms with Gasteiger partial charge in [-0.15, -0.1) is 0 Å². The molecule has 64 heavy (non-hydrogen) atoms. The van der Waals surface area contributed by atoms with Crippen LogP contribution in [-0.4, -0.2) is 37.9 Å². The van der Waals surface area contributed by atoms with Gasteiger partial charge >= 0.3 is 11.9 Å². The van der Waals surface area contributed by atoms with Crippen LogP contribution < -0.4 is 0 Å². The van der Waals surface area contributed by atoms with E-state index in [9.17, 15) is 9.59 Å². The molecule has 0 radical (unpaired) electrons. The van der Waals surface area contributed by atoms with E-state index in [4.69, 9.17) is 14.2 Å². The van der Waals surface area contributed by atoms with Gasteiger partial charge in [0.25, 0.3) is 0 Å². The highest BCUT2D eigenvalue weighted by Crippen LogP contribution is 2.15. The fourth-order valence-corrected chi connectivity index (χ4v) is 7.24. The highest BCUT2D eigenvalue weighted by molar-refractivity contribution is 5.70. The van der Waals surface area contributed by atoms with Crippen LogP contribution >= 0.6 is 0 Å². The van der Waals surface area contributed by atoms with Crippen LogP contribution in [0.4, 0.5) is 0 Å². The molecule has 1 unspecified atom stereocenters. The molecular weight excluding hydrogens is 789 g/mol. The standard InChI is InChI=1S/C59H100O5/c1-4-7-10-13-16-19-22-25-28-30-32-34-37-40-43-46-49-52-58(60)63-56-57(55-62-54-51-48-45-42-39-36-33-29-26-23-20-17-14-11-8-5-2)64-59(61)53-50-47-44-41-38-35-31-27-24-21-18-15-12-9-6-3/h7-8,10-11,16-17,19-20,25-26,28-29,36,39,45,48,57H,4-6,9,12-15,18,21-24,27,30-35,37-38,40-44,46-47,49-56H2,1-3H3/b10-7-,11-8-,19-16-,20-17-,28-25-,29-26-,39-36-,48-45-. The Labute approximate surface area is 396 Å². The minimum absolute atomic E-state index is 0.0478. The zero-order valence-electron chi connectivity index (χ0n) is 42.0. The van der Waals surface area contributed by atoms with Crippen molar-refractivity contribution in [3.63, 3.8) is 0 Å². The van der Waals surface area contributed by atoms with Crippen LogP contribution in [-0.2, 0) is 23.8 Å². The molecule has 0 spiro atoms. The van der Waals surface area contributed by atoms with E-state index in [1.54, 1.807) is 0 Å². The van der Waals surface area contributed by atoms with E-state index < -0.39 is 6.10 Å². The molecule has 5 heteroatoms. The van der Waals surface area contributed by atoms with Gasteiger partial charge < -0.3 is 14.2 Å². The van der Waals surface area contributed by atoms with Gasteiger partial charge in [0.15, 0.2) is 6.10 Å². The molecule has 0 aliphatic carbocycles. The summed E-state index contributed by atoms with van der Waals surface area (Å²) in [5.74, 6) is -0.447. The summed E-state index contributed by atoms with van der Waals surface area (Å²) in [6, 6.07) is 0. The Hall–Kier alpha value is -3.18. The highest BCUT2D eigenvalue weighted by atomic mass is 16.6. The summed E-state index contributed by atoms with van der Waals surface area (Å²) in [7, 11) is 0. The lowest BCUT2D eigenvalue weighted by Crippen LogP contribution is -2.30. The number of carbonyl (C=O) groups is 2. The molecule has 1 atom stereocenters. The fourth-order valence-electron chi connectivity index (χ4n) is 7.24. The molecule has 0 rings (SSSR count). The maximum atomic E-state index is 12.8. The predicted molar refractivity (Wildman–Crippen MR) is 279 cm³/mol. The normalized spacial score (nSPS) is 13.0. The molecule has 0 bridgehead atoms. The smallest absolute Gasteiger partial charge is 0.306 e. The molecule has 0 saturated heterocycles. The van der Waals surface area contributed by atoms with Crippen molar-refractivity contribution in [2.45, 2.75) is 245 Å². The summed E-state index contributed by atoms with van der Waals surface area (Å²) >= 11 is 0. The van der Waals surface area contributed by atoms with Gasteiger partial charge in [-0.25, -0.2) is 0 Å². The van der Waals surface area contributed by atoms with E-state index in [0.717, 1.165) is 96.3 Å². The van der Waals surface area contributed by atoms with Crippen LogP contribution in [0.3, 0.4) is 0 Å². The van der Waals surface area contributed by atoms with Crippen LogP contribution in [0.2, 0.25) is 0 Å². The van der Waals surface area contributed by atoms with Gasteiger partial charge in [-0.05, 0) is 83.5 Å². The van der Waals surface area contributed by atoms with E-state index in [1.807, 2.05) is 0 Å². The van der Waals surface area contributed by atoms with Crippen LogP contribution in [0.15, 0.2) is 97.2 Å². The molecule has 0 aromatic rings. The maximum absolute atomic E-state index is 12.8. The fraction of sp³-hybridized carbons (Fsp3) is 0.695. The van der Waals surface area contributed by atoms with Crippen molar-refractivity contribution in [1.29, 1.82) is 0 Å². The number of hydrogen-bond acceptors (Lipinski definition) is 5. The molecule has 0 heterocycles. The van der Waals surface area contributed by atoms with Gasteiger partial charge in [0, 0.05) is 12.8 Å². The van der Waals surface area contributed by atoms with Gasteiger partial charge in [0.2, 0.25) is 0 Å². The molecule has 0 fully saturated rings. The Morgan fingerprint density at radius 1 is 0.359 bits per heavy atom. The zero-order valence-corrected chi connectivity index (χ0v) is 42.0. The van der Waals surface area contributed by atoms with Crippen molar-refractivity contribution in [3.05, 3.63) is 97.2 Å². The Morgan fingerprint density at radius 3 is 1.12 bits per heavy atom. The number of allylic oxidation sites excluding steroid dienone is 15. The van der Waals surface area contributed by atoms with E-state index in [-0.39, 0.29) is 25.2 Å². The summed E-state index contributed by atoms with van der Waals surface area (Å²) in [6.07, 6.45) is 72.9. The second-order valence-corrected chi connectivity index (χ2v) is 17.4. The van der Waals surface area contributed by atoms with Crippen molar-refractivity contribution in [1.82, 2.24) is 0 Å². The molecule has 0 amide bonds. The van der Waals surface area contributed by atoms with Gasteiger partial charge in [-0.2, -0.15) is 0 Å². The lowest BCUT2D eigenvalue weighted by Gasteiger charge is -2.18. The highest BCUT2D eigenvalue weighted by Gasteiger charge is 2.17. The van der Waals surface area contributed by atoms with E-state index in [2.05, 4.69) is 118 Å². The molecular formula is C59H100O5. The van der Waals surface area contributed by atoms with Gasteiger partial charge in [-0.1, -0.05) is 240 Å². The molecule has 0 aliphatic heterocycles. The first-order valence-electron chi connectivity index (χ1n) is 26.8. The Morgan fingerprint density at radius 2 is 0.703 bits per heavy atom. The topological polar surface area (TPSA) is 61.8 Å². The maximum Gasteiger partial charge on any atom is 0.306 e. The summed E-state index contributed by atoms with van der Waals surface area (Å²) < 4.78 is 17.3. The Balaban J connectivity index is 4.39. The monoisotopic (exact) mass is 889 g/mol. The lowest BCUT2D eigenvalue weighted by atomic mass is 10.0. The summed E-state index contributed by atoms with van der Waals surface area (Å²) in [5, 5.41) is 0. The largest absolute Gasteiger partial charge is 0.462 e. The summed E-state index contributed by atoms with van der Waals surface area (Å²) in [6.45, 7) is 7.40. The number of hydrogen-bond donors (Lipinski definition) is 0. The van der Waals surface area contributed by atoms with E-state index >= 15 is 0 Å². The number of ether oxygens (including phenoxy) is 3. The number of rotatable bonds is 48. The van der Waals surface area contributed by atoms with Gasteiger partial charge in [-0.3, -0.25) is 9.59 Å². The van der Waals surface area contributed by atoms with E-state index in [1.165, 1.54) is 109 Å². The second-order valence-electron chi connectivity index (χ2n) is 17.4. The molecule has 366 valence electrons. The summed E-state index contributed by atoms with van der Waals surface area (Å²) in [4.78, 5) is 25.4. The molecule has 0 aromatic heterocycles. The van der Waals surface area contributed by atoms with Gasteiger partial charge in [0.05, 0.1) is 13.2 Å². The predicted octanol–water partition coefficient (Wildman–Crippen LogP) is 18.2. The van der Waals surface area contributed by atoms with Crippen molar-refractivity contribution in [2.24, 2.45) is 0 Å². The zero-order chi connectivity index (χ0) is 46.3. The molecule has 0 aliphatic rings. The molecule has 0 saturated carbocycles. The quantitative estimate of drug-likeness (QED) is 0.0346. The third kappa shape index (κ3) is 51.5. The van der Waals surface area contributed by atoms with Crippen LogP contribution in [0.1, 0.15) is 239 Å². The third-order valence-electron chi connectivity index (χ3n) is 11.1. The van der Waals surface area contributed by atoms with Crippen molar-refractivity contribution in [2.75, 3.05) is 19.8 Å². The number of unbranched alkanes of at least 4 members (excludes halogenated alkanes) is 21. The average Bonchev–Trinajstić information content (AvgIpc) is 3.30. The Kier molecular flexibility index (Phi) is 51.5. The first kappa shape index (κ1) is 60.8. The van der Waals surface area contributed by atoms with E-state index in [0.29, 0.717) is 19.4 Å². The van der Waals surface area contributed by atoms with Crippen molar-refractivity contribution >= 4 is 11.9 Å². The minimum atomic E-state index is -0.583. The summed E-state index contributed by atoms with van der Waals surface area (Å²) in [5.41, 5.74) is 0. The number of esters is 2. The molecule has 0 aromatic carbocycles. The first-order chi connectivity index (χ1) is 31.6. The average molecular weight is 889 g/mol. The number of carbonyl (C=O) groups excluding carboxylic acids is 2. The minimum Gasteiger partial charge on any atom is -0.462 e.